The maximum atomic E-state index is 6.06. The Hall–Kier alpha value is -1.02. The van der Waals surface area contributed by atoms with Gasteiger partial charge >= 0.3 is 0 Å². The van der Waals surface area contributed by atoms with E-state index in [4.69, 9.17) is 10.5 Å². The zero-order valence-corrected chi connectivity index (χ0v) is 10.4. The molecule has 1 aromatic carbocycles. The van der Waals surface area contributed by atoms with E-state index in [0.717, 1.165) is 18.6 Å². The highest BCUT2D eigenvalue weighted by Gasteiger charge is 2.50. The van der Waals surface area contributed by atoms with E-state index >= 15 is 0 Å². The predicted molar refractivity (Wildman–Crippen MR) is 66.6 cm³/mol. The molecule has 2 rings (SSSR count). The molecule has 0 spiro atoms. The first-order valence-electron chi connectivity index (χ1n) is 6.05. The van der Waals surface area contributed by atoms with Gasteiger partial charge in [-0.1, -0.05) is 31.5 Å². The highest BCUT2D eigenvalue weighted by atomic mass is 16.5. The standard InChI is InChI=1S/C14H21NO/c1-4-14(3)12(15)9-13(14)16-11-7-5-10(2)6-8-11/h5-8,12-13H,4,9,15H2,1-3H3. The average molecular weight is 219 g/mol. The summed E-state index contributed by atoms with van der Waals surface area (Å²) in [6, 6.07) is 8.52. The number of benzene rings is 1. The molecule has 0 aromatic heterocycles. The predicted octanol–water partition coefficient (Wildman–Crippen LogP) is 2.89. The molecule has 1 saturated carbocycles. The van der Waals surface area contributed by atoms with Crippen LogP contribution >= 0.6 is 0 Å². The second kappa shape index (κ2) is 4.10. The minimum absolute atomic E-state index is 0.144. The fourth-order valence-corrected chi connectivity index (χ4v) is 2.30. The lowest BCUT2D eigenvalue weighted by atomic mass is 9.62. The molecule has 3 atom stereocenters. The minimum atomic E-state index is 0.144. The van der Waals surface area contributed by atoms with Crippen molar-refractivity contribution in [2.75, 3.05) is 0 Å². The third-order valence-corrected chi connectivity index (χ3v) is 4.11. The Labute approximate surface area is 97.8 Å². The van der Waals surface area contributed by atoms with Gasteiger partial charge < -0.3 is 10.5 Å². The molecule has 3 unspecified atom stereocenters. The Morgan fingerprint density at radius 2 is 2.00 bits per heavy atom. The molecular formula is C14H21NO. The number of nitrogens with two attached hydrogens (primary N) is 1. The lowest BCUT2D eigenvalue weighted by Gasteiger charge is -2.51. The van der Waals surface area contributed by atoms with Crippen LogP contribution in [0.5, 0.6) is 5.75 Å². The summed E-state index contributed by atoms with van der Waals surface area (Å²) < 4.78 is 6.00. The van der Waals surface area contributed by atoms with Gasteiger partial charge in [-0.05, 0) is 25.5 Å². The van der Waals surface area contributed by atoms with Crippen LogP contribution < -0.4 is 10.5 Å². The highest BCUT2D eigenvalue weighted by molar-refractivity contribution is 5.27. The summed E-state index contributed by atoms with van der Waals surface area (Å²) in [6.45, 7) is 6.49. The molecule has 0 heterocycles. The summed E-state index contributed by atoms with van der Waals surface area (Å²) in [5, 5.41) is 0. The molecule has 16 heavy (non-hydrogen) atoms. The van der Waals surface area contributed by atoms with E-state index in [1.807, 2.05) is 12.1 Å². The van der Waals surface area contributed by atoms with Crippen LogP contribution in [0.4, 0.5) is 0 Å². The summed E-state index contributed by atoms with van der Waals surface area (Å²) in [5.41, 5.74) is 7.46. The van der Waals surface area contributed by atoms with Crippen molar-refractivity contribution in [2.45, 2.75) is 45.8 Å². The number of rotatable bonds is 3. The van der Waals surface area contributed by atoms with Gasteiger partial charge in [0.15, 0.2) is 0 Å². The molecule has 2 nitrogen and oxygen atoms in total. The van der Waals surface area contributed by atoms with Gasteiger partial charge in [-0.2, -0.15) is 0 Å². The molecule has 2 N–H and O–H groups in total. The first-order valence-corrected chi connectivity index (χ1v) is 6.05. The highest BCUT2D eigenvalue weighted by Crippen LogP contribution is 2.44. The van der Waals surface area contributed by atoms with Gasteiger partial charge in [-0.25, -0.2) is 0 Å². The van der Waals surface area contributed by atoms with Crippen molar-refractivity contribution in [3.05, 3.63) is 29.8 Å². The molecule has 1 aromatic rings. The normalized spacial score (nSPS) is 33.2. The lowest BCUT2D eigenvalue weighted by molar-refractivity contribution is -0.0560. The van der Waals surface area contributed by atoms with Crippen LogP contribution in [0.15, 0.2) is 24.3 Å². The van der Waals surface area contributed by atoms with Crippen LogP contribution in [0.3, 0.4) is 0 Å². The van der Waals surface area contributed by atoms with E-state index in [2.05, 4.69) is 32.9 Å². The van der Waals surface area contributed by atoms with E-state index in [1.54, 1.807) is 0 Å². The Bertz CT molecular complexity index is 360. The lowest BCUT2D eigenvalue weighted by Crippen LogP contribution is -2.61. The van der Waals surface area contributed by atoms with Crippen molar-refractivity contribution in [2.24, 2.45) is 11.1 Å². The third kappa shape index (κ3) is 1.82. The molecule has 2 heteroatoms. The second-order valence-electron chi connectivity index (χ2n) is 5.12. The average Bonchev–Trinajstić information content (AvgIpc) is 2.30. The Balaban J connectivity index is 2.04. The van der Waals surface area contributed by atoms with Crippen molar-refractivity contribution < 1.29 is 4.74 Å². The zero-order chi connectivity index (χ0) is 11.8. The van der Waals surface area contributed by atoms with Crippen molar-refractivity contribution in [3.63, 3.8) is 0 Å². The molecule has 1 fully saturated rings. The van der Waals surface area contributed by atoms with E-state index in [-0.39, 0.29) is 17.6 Å². The van der Waals surface area contributed by atoms with Crippen LogP contribution in [-0.2, 0) is 0 Å². The third-order valence-electron chi connectivity index (χ3n) is 4.11. The SMILES string of the molecule is CCC1(C)C(N)CC1Oc1ccc(C)cc1. The van der Waals surface area contributed by atoms with E-state index in [9.17, 15) is 0 Å². The van der Waals surface area contributed by atoms with Gasteiger partial charge in [0.1, 0.15) is 11.9 Å². The summed E-state index contributed by atoms with van der Waals surface area (Å²) in [5.74, 6) is 0.960. The first-order chi connectivity index (χ1) is 7.56. The van der Waals surface area contributed by atoms with Gasteiger partial charge in [-0.15, -0.1) is 0 Å². The van der Waals surface area contributed by atoms with Crippen LogP contribution in [0.2, 0.25) is 0 Å². The molecule has 1 aliphatic rings. The number of hydrogen-bond donors (Lipinski definition) is 1. The number of hydrogen-bond acceptors (Lipinski definition) is 2. The number of ether oxygens (including phenoxy) is 1. The van der Waals surface area contributed by atoms with Gasteiger partial charge in [0.2, 0.25) is 0 Å². The molecule has 88 valence electrons. The topological polar surface area (TPSA) is 35.2 Å². The van der Waals surface area contributed by atoms with Crippen LogP contribution in [-0.4, -0.2) is 12.1 Å². The zero-order valence-electron chi connectivity index (χ0n) is 10.4. The van der Waals surface area contributed by atoms with Crippen LogP contribution in [0, 0.1) is 12.3 Å². The Morgan fingerprint density at radius 3 is 2.50 bits per heavy atom. The van der Waals surface area contributed by atoms with Crippen molar-refractivity contribution in [3.8, 4) is 5.75 Å². The van der Waals surface area contributed by atoms with Crippen LogP contribution in [0.1, 0.15) is 32.3 Å². The van der Waals surface area contributed by atoms with Crippen molar-refractivity contribution in [1.29, 1.82) is 0 Å². The largest absolute Gasteiger partial charge is 0.490 e. The maximum absolute atomic E-state index is 6.06. The fourth-order valence-electron chi connectivity index (χ4n) is 2.30. The Morgan fingerprint density at radius 1 is 1.38 bits per heavy atom. The van der Waals surface area contributed by atoms with E-state index in [1.165, 1.54) is 5.56 Å². The van der Waals surface area contributed by atoms with E-state index < -0.39 is 0 Å². The van der Waals surface area contributed by atoms with Crippen LogP contribution in [0.25, 0.3) is 0 Å². The van der Waals surface area contributed by atoms with Crippen molar-refractivity contribution in [1.82, 2.24) is 0 Å². The smallest absolute Gasteiger partial charge is 0.119 e. The molecular weight excluding hydrogens is 198 g/mol. The maximum Gasteiger partial charge on any atom is 0.119 e. The molecule has 0 aliphatic heterocycles. The number of aryl methyl sites for hydroxylation is 1. The second-order valence-corrected chi connectivity index (χ2v) is 5.12. The fraction of sp³-hybridized carbons (Fsp3) is 0.571. The Kier molecular flexibility index (Phi) is 2.94. The summed E-state index contributed by atoms with van der Waals surface area (Å²) in [6.07, 6.45) is 2.32. The summed E-state index contributed by atoms with van der Waals surface area (Å²) in [7, 11) is 0. The molecule has 1 aliphatic carbocycles. The monoisotopic (exact) mass is 219 g/mol. The van der Waals surface area contributed by atoms with Crippen molar-refractivity contribution >= 4 is 0 Å². The van der Waals surface area contributed by atoms with Gasteiger partial charge in [0.05, 0.1) is 0 Å². The van der Waals surface area contributed by atoms with Gasteiger partial charge in [0.25, 0.3) is 0 Å². The molecule has 0 radical (unpaired) electrons. The van der Waals surface area contributed by atoms with E-state index in [0.29, 0.717) is 0 Å². The molecule has 0 saturated heterocycles. The van der Waals surface area contributed by atoms with Gasteiger partial charge in [-0.3, -0.25) is 0 Å². The molecule has 0 amide bonds. The quantitative estimate of drug-likeness (QED) is 0.848. The molecule has 0 bridgehead atoms. The summed E-state index contributed by atoms with van der Waals surface area (Å²) in [4.78, 5) is 0. The minimum Gasteiger partial charge on any atom is -0.490 e. The summed E-state index contributed by atoms with van der Waals surface area (Å²) >= 11 is 0. The first kappa shape index (κ1) is 11.5. The van der Waals surface area contributed by atoms with Gasteiger partial charge in [0, 0.05) is 17.9 Å².